The van der Waals surface area contributed by atoms with Crippen LogP contribution in [0.25, 0.3) is 0 Å². The highest BCUT2D eigenvalue weighted by Gasteiger charge is 2.29. The van der Waals surface area contributed by atoms with E-state index in [2.05, 4.69) is 6.92 Å². The first kappa shape index (κ1) is 10.2. The quantitative estimate of drug-likeness (QED) is 0.617. The van der Waals surface area contributed by atoms with Crippen LogP contribution in [0.15, 0.2) is 0 Å². The monoisotopic (exact) mass is 192 g/mol. The third-order valence-corrected chi connectivity index (χ3v) is 4.11. The molecule has 72 valence electrons. The van der Waals surface area contributed by atoms with Gasteiger partial charge in [-0.25, -0.2) is 0 Å². The molecule has 0 atom stereocenters. The maximum atomic E-state index is 11.1. The van der Waals surface area contributed by atoms with Gasteiger partial charge in [0.25, 0.3) is 0 Å². The SMILES string of the molecule is CC[N+]1(CCO)CCS(=O)CC1. The lowest BCUT2D eigenvalue weighted by Gasteiger charge is -2.39. The minimum atomic E-state index is -0.589. The predicted molar refractivity (Wildman–Crippen MR) is 50.4 cm³/mol. The third kappa shape index (κ3) is 2.28. The highest BCUT2D eigenvalue weighted by molar-refractivity contribution is 7.85. The van der Waals surface area contributed by atoms with E-state index in [9.17, 15) is 4.21 Å². The maximum Gasteiger partial charge on any atom is 0.102 e. The molecule has 0 bridgehead atoms. The molecule has 12 heavy (non-hydrogen) atoms. The molecule has 1 aliphatic rings. The fourth-order valence-electron chi connectivity index (χ4n) is 1.71. The number of hydrogen-bond donors (Lipinski definition) is 1. The van der Waals surface area contributed by atoms with E-state index in [1.54, 1.807) is 0 Å². The fourth-order valence-corrected chi connectivity index (χ4v) is 3.10. The Morgan fingerprint density at radius 1 is 1.42 bits per heavy atom. The summed E-state index contributed by atoms with van der Waals surface area (Å²) in [6.45, 7) is 6.23. The molecule has 1 rings (SSSR count). The zero-order valence-corrected chi connectivity index (χ0v) is 8.48. The van der Waals surface area contributed by atoms with Crippen molar-refractivity contribution in [2.45, 2.75) is 6.92 Å². The molecule has 0 aromatic rings. The third-order valence-electron chi connectivity index (χ3n) is 2.83. The van der Waals surface area contributed by atoms with Gasteiger partial charge in [-0.3, -0.25) is 4.21 Å². The first-order valence-corrected chi connectivity index (χ1v) is 6.02. The van der Waals surface area contributed by atoms with Gasteiger partial charge < -0.3 is 9.59 Å². The zero-order chi connectivity index (χ0) is 9.03. The van der Waals surface area contributed by atoms with Crippen LogP contribution in [0.5, 0.6) is 0 Å². The Kier molecular flexibility index (Phi) is 3.68. The van der Waals surface area contributed by atoms with Crippen LogP contribution < -0.4 is 0 Å². The molecule has 0 aromatic heterocycles. The van der Waals surface area contributed by atoms with Crippen molar-refractivity contribution in [2.75, 3.05) is 44.3 Å². The van der Waals surface area contributed by atoms with Crippen LogP contribution in [0.3, 0.4) is 0 Å². The number of quaternary nitrogens is 1. The molecule has 1 aliphatic heterocycles. The lowest BCUT2D eigenvalue weighted by atomic mass is 10.3. The molecule has 0 unspecified atom stereocenters. The van der Waals surface area contributed by atoms with Crippen molar-refractivity contribution in [3.05, 3.63) is 0 Å². The van der Waals surface area contributed by atoms with Gasteiger partial charge in [-0.15, -0.1) is 0 Å². The summed E-state index contributed by atoms with van der Waals surface area (Å²) in [6.07, 6.45) is 0. The fraction of sp³-hybridized carbons (Fsp3) is 1.00. The number of hydrogen-bond acceptors (Lipinski definition) is 2. The Balaban J connectivity index is 2.50. The van der Waals surface area contributed by atoms with Crippen LogP contribution in [-0.4, -0.2) is 58.1 Å². The number of aliphatic hydroxyl groups is 1. The van der Waals surface area contributed by atoms with Gasteiger partial charge in [0.1, 0.15) is 6.54 Å². The summed E-state index contributed by atoms with van der Waals surface area (Å²) < 4.78 is 12.1. The molecule has 0 amide bonds. The van der Waals surface area contributed by atoms with Crippen molar-refractivity contribution in [3.63, 3.8) is 0 Å². The normalized spacial score (nSPS) is 36.7. The Morgan fingerprint density at radius 2 is 2.00 bits per heavy atom. The molecular formula is C8H18NO2S+. The van der Waals surface area contributed by atoms with E-state index in [-0.39, 0.29) is 6.61 Å². The second kappa shape index (κ2) is 4.35. The van der Waals surface area contributed by atoms with Crippen molar-refractivity contribution in [2.24, 2.45) is 0 Å². The van der Waals surface area contributed by atoms with Gasteiger partial charge in [-0.05, 0) is 6.92 Å². The van der Waals surface area contributed by atoms with Crippen LogP contribution in [0, 0.1) is 0 Å². The van der Waals surface area contributed by atoms with Crippen molar-refractivity contribution < 1.29 is 13.8 Å². The molecule has 1 saturated heterocycles. The average Bonchev–Trinajstić information content (AvgIpc) is 2.10. The Hall–Kier alpha value is 0.0700. The van der Waals surface area contributed by atoms with E-state index in [1.165, 1.54) is 0 Å². The van der Waals surface area contributed by atoms with E-state index in [0.717, 1.165) is 42.2 Å². The standard InChI is InChI=1S/C8H18NO2S/c1-2-9(3-6-10)4-7-12(11)8-5-9/h10H,2-8H2,1H3/q+1. The summed E-state index contributed by atoms with van der Waals surface area (Å²) in [4.78, 5) is 0. The smallest absolute Gasteiger partial charge is 0.102 e. The summed E-state index contributed by atoms with van der Waals surface area (Å²) in [7, 11) is -0.589. The Bertz CT molecular complexity index is 162. The van der Waals surface area contributed by atoms with Gasteiger partial charge in [0.05, 0.1) is 37.7 Å². The van der Waals surface area contributed by atoms with Crippen LogP contribution in [0.1, 0.15) is 6.92 Å². The van der Waals surface area contributed by atoms with E-state index in [4.69, 9.17) is 5.11 Å². The van der Waals surface area contributed by atoms with Gasteiger partial charge in [0.15, 0.2) is 0 Å². The van der Waals surface area contributed by atoms with Gasteiger partial charge in [-0.1, -0.05) is 0 Å². The van der Waals surface area contributed by atoms with E-state index < -0.39 is 10.8 Å². The van der Waals surface area contributed by atoms with Crippen LogP contribution >= 0.6 is 0 Å². The highest BCUT2D eigenvalue weighted by Crippen LogP contribution is 2.11. The van der Waals surface area contributed by atoms with Crippen molar-refractivity contribution >= 4 is 10.8 Å². The summed E-state index contributed by atoms with van der Waals surface area (Å²) in [5.74, 6) is 1.63. The summed E-state index contributed by atoms with van der Waals surface area (Å²) >= 11 is 0. The molecule has 0 aromatic carbocycles. The maximum absolute atomic E-state index is 11.1. The first-order valence-electron chi connectivity index (χ1n) is 4.53. The van der Waals surface area contributed by atoms with Crippen LogP contribution in [0.2, 0.25) is 0 Å². The molecular weight excluding hydrogens is 174 g/mol. The van der Waals surface area contributed by atoms with Gasteiger partial charge in [0.2, 0.25) is 0 Å². The number of nitrogens with zero attached hydrogens (tertiary/aromatic N) is 1. The lowest BCUT2D eigenvalue weighted by molar-refractivity contribution is -0.923. The van der Waals surface area contributed by atoms with Crippen molar-refractivity contribution in [3.8, 4) is 0 Å². The second-order valence-electron chi connectivity index (χ2n) is 3.40. The summed E-state index contributed by atoms with van der Waals surface area (Å²) in [5.41, 5.74) is 0. The molecule has 4 heteroatoms. The van der Waals surface area contributed by atoms with E-state index in [0.29, 0.717) is 0 Å². The van der Waals surface area contributed by atoms with Gasteiger partial charge in [0, 0.05) is 10.8 Å². The van der Waals surface area contributed by atoms with Crippen molar-refractivity contribution in [1.82, 2.24) is 0 Å². The molecule has 1 N–H and O–H groups in total. The summed E-state index contributed by atoms with van der Waals surface area (Å²) in [6, 6.07) is 0. The molecule has 0 radical (unpaired) electrons. The Labute approximate surface area is 76.4 Å². The largest absolute Gasteiger partial charge is 0.391 e. The second-order valence-corrected chi connectivity index (χ2v) is 5.10. The van der Waals surface area contributed by atoms with Crippen molar-refractivity contribution in [1.29, 1.82) is 0 Å². The molecule has 0 aliphatic carbocycles. The number of aliphatic hydroxyl groups excluding tert-OH is 1. The van der Waals surface area contributed by atoms with Crippen LogP contribution in [0.4, 0.5) is 0 Å². The van der Waals surface area contributed by atoms with Gasteiger partial charge >= 0.3 is 0 Å². The molecule has 3 nitrogen and oxygen atoms in total. The van der Waals surface area contributed by atoms with E-state index >= 15 is 0 Å². The summed E-state index contributed by atoms with van der Waals surface area (Å²) in [5, 5.41) is 8.89. The molecule has 1 fully saturated rings. The zero-order valence-electron chi connectivity index (χ0n) is 7.66. The van der Waals surface area contributed by atoms with Crippen LogP contribution in [-0.2, 0) is 10.8 Å². The molecule has 0 saturated carbocycles. The number of likely N-dealkylation sites (N-methyl/N-ethyl adjacent to an activating group) is 1. The van der Waals surface area contributed by atoms with E-state index in [1.807, 2.05) is 0 Å². The highest BCUT2D eigenvalue weighted by atomic mass is 32.2. The minimum Gasteiger partial charge on any atom is -0.391 e. The molecule has 1 heterocycles. The lowest BCUT2D eigenvalue weighted by Crippen LogP contribution is -2.56. The predicted octanol–water partition coefficient (Wildman–Crippen LogP) is -0.422. The topological polar surface area (TPSA) is 37.3 Å². The average molecular weight is 192 g/mol. The molecule has 0 spiro atoms. The van der Waals surface area contributed by atoms with Gasteiger partial charge in [-0.2, -0.15) is 0 Å². The first-order chi connectivity index (χ1) is 5.72. The Morgan fingerprint density at radius 3 is 2.42 bits per heavy atom. The minimum absolute atomic E-state index is 0.250. The number of rotatable bonds is 3.